The SMILES string of the molecule is COCCN1C(=O)C(CC(=O)Nc2ccc(OC)c(OC)c2)SC1=Nc1ccccc1C. The van der Waals surface area contributed by atoms with Gasteiger partial charge in [-0.25, -0.2) is 4.99 Å². The van der Waals surface area contributed by atoms with E-state index in [-0.39, 0.29) is 18.2 Å². The van der Waals surface area contributed by atoms with E-state index < -0.39 is 5.25 Å². The summed E-state index contributed by atoms with van der Waals surface area (Å²) >= 11 is 1.30. The summed E-state index contributed by atoms with van der Waals surface area (Å²) in [5, 5.41) is 2.84. The van der Waals surface area contributed by atoms with Gasteiger partial charge in [0.15, 0.2) is 16.7 Å². The molecule has 3 rings (SSSR count). The molecule has 2 aromatic carbocycles. The summed E-state index contributed by atoms with van der Waals surface area (Å²) in [6.45, 7) is 2.72. The van der Waals surface area contributed by atoms with Crippen LogP contribution < -0.4 is 14.8 Å². The number of anilines is 1. The van der Waals surface area contributed by atoms with E-state index in [0.29, 0.717) is 35.5 Å². The number of nitrogens with one attached hydrogen (secondary N) is 1. The number of aliphatic imine (C=N–C) groups is 1. The Balaban J connectivity index is 1.74. The van der Waals surface area contributed by atoms with Gasteiger partial charge >= 0.3 is 0 Å². The predicted molar refractivity (Wildman–Crippen MR) is 126 cm³/mol. The van der Waals surface area contributed by atoms with Gasteiger partial charge in [0.2, 0.25) is 11.8 Å². The van der Waals surface area contributed by atoms with E-state index in [0.717, 1.165) is 11.3 Å². The van der Waals surface area contributed by atoms with Crippen LogP contribution in [0.3, 0.4) is 0 Å². The van der Waals surface area contributed by atoms with Crippen molar-refractivity contribution in [3.05, 3.63) is 48.0 Å². The minimum Gasteiger partial charge on any atom is -0.493 e. The number of para-hydroxylation sites is 1. The monoisotopic (exact) mass is 457 g/mol. The van der Waals surface area contributed by atoms with E-state index in [1.165, 1.54) is 18.9 Å². The predicted octanol–water partition coefficient (Wildman–Crippen LogP) is 3.62. The molecular weight excluding hydrogens is 430 g/mol. The Morgan fingerprint density at radius 1 is 1.12 bits per heavy atom. The van der Waals surface area contributed by atoms with Gasteiger partial charge in [-0.2, -0.15) is 0 Å². The Kier molecular flexibility index (Phi) is 8.13. The highest BCUT2D eigenvalue weighted by Gasteiger charge is 2.39. The highest BCUT2D eigenvalue weighted by molar-refractivity contribution is 8.15. The van der Waals surface area contributed by atoms with Crippen molar-refractivity contribution in [3.8, 4) is 11.5 Å². The second kappa shape index (κ2) is 11.0. The van der Waals surface area contributed by atoms with Gasteiger partial charge in [0.25, 0.3) is 0 Å². The molecule has 1 heterocycles. The molecule has 0 bridgehead atoms. The molecule has 9 heteroatoms. The van der Waals surface area contributed by atoms with Gasteiger partial charge in [0.05, 0.1) is 33.1 Å². The highest BCUT2D eigenvalue weighted by atomic mass is 32.2. The van der Waals surface area contributed by atoms with Crippen molar-refractivity contribution in [2.24, 2.45) is 4.99 Å². The first-order chi connectivity index (χ1) is 15.5. The van der Waals surface area contributed by atoms with Crippen LogP contribution in [0.4, 0.5) is 11.4 Å². The van der Waals surface area contributed by atoms with Crippen LogP contribution in [0.1, 0.15) is 12.0 Å². The van der Waals surface area contributed by atoms with Crippen molar-refractivity contribution in [2.45, 2.75) is 18.6 Å². The van der Waals surface area contributed by atoms with Crippen LogP contribution in [-0.4, -0.2) is 61.6 Å². The summed E-state index contributed by atoms with van der Waals surface area (Å²) < 4.78 is 15.6. The minimum atomic E-state index is -0.560. The molecule has 2 aromatic rings. The lowest BCUT2D eigenvalue weighted by molar-refractivity contribution is -0.128. The number of ether oxygens (including phenoxy) is 3. The standard InChI is InChI=1S/C23H27N3O5S/c1-15-7-5-6-8-17(15)25-23-26(11-12-29-2)22(28)20(32-23)14-21(27)24-16-9-10-18(30-3)19(13-16)31-4/h5-10,13,20H,11-12,14H2,1-4H3,(H,24,27). The topological polar surface area (TPSA) is 89.5 Å². The molecule has 1 aliphatic rings. The van der Waals surface area contributed by atoms with Gasteiger partial charge in [-0.3, -0.25) is 14.5 Å². The van der Waals surface area contributed by atoms with E-state index in [1.807, 2.05) is 31.2 Å². The number of aryl methyl sites for hydroxylation is 1. The Morgan fingerprint density at radius 3 is 2.56 bits per heavy atom. The van der Waals surface area contributed by atoms with Crippen molar-refractivity contribution in [3.63, 3.8) is 0 Å². The number of nitrogens with zero attached hydrogens (tertiary/aromatic N) is 2. The Bertz CT molecular complexity index is 1010. The van der Waals surface area contributed by atoms with Gasteiger partial charge < -0.3 is 19.5 Å². The van der Waals surface area contributed by atoms with Crippen LogP contribution in [-0.2, 0) is 14.3 Å². The van der Waals surface area contributed by atoms with Crippen molar-refractivity contribution in [2.75, 3.05) is 39.8 Å². The molecule has 0 saturated carbocycles. The molecule has 8 nitrogen and oxygen atoms in total. The summed E-state index contributed by atoms with van der Waals surface area (Å²) in [7, 11) is 4.66. The zero-order valence-electron chi connectivity index (χ0n) is 18.6. The third-order valence-corrected chi connectivity index (χ3v) is 6.08. The summed E-state index contributed by atoms with van der Waals surface area (Å²) in [5.41, 5.74) is 2.36. The number of methoxy groups -OCH3 is 3. The fraction of sp³-hybridized carbons (Fsp3) is 0.348. The zero-order valence-corrected chi connectivity index (χ0v) is 19.4. The summed E-state index contributed by atoms with van der Waals surface area (Å²) in [6, 6.07) is 12.8. The minimum absolute atomic E-state index is 0.0219. The van der Waals surface area contributed by atoms with Crippen molar-refractivity contribution >= 4 is 40.1 Å². The molecule has 0 aromatic heterocycles. The van der Waals surface area contributed by atoms with E-state index in [1.54, 1.807) is 37.3 Å². The lowest BCUT2D eigenvalue weighted by Crippen LogP contribution is -2.35. The van der Waals surface area contributed by atoms with Crippen LogP contribution >= 0.6 is 11.8 Å². The summed E-state index contributed by atoms with van der Waals surface area (Å²) in [4.78, 5) is 32.0. The van der Waals surface area contributed by atoms with Crippen molar-refractivity contribution in [1.29, 1.82) is 0 Å². The van der Waals surface area contributed by atoms with Gasteiger partial charge in [0.1, 0.15) is 5.25 Å². The van der Waals surface area contributed by atoms with E-state index in [2.05, 4.69) is 5.32 Å². The molecule has 1 N–H and O–H groups in total. The molecule has 1 fully saturated rings. The average Bonchev–Trinajstić information content (AvgIpc) is 3.07. The first-order valence-corrected chi connectivity index (χ1v) is 11.0. The number of hydrogen-bond donors (Lipinski definition) is 1. The van der Waals surface area contributed by atoms with Gasteiger partial charge in [-0.15, -0.1) is 0 Å². The van der Waals surface area contributed by atoms with Crippen LogP contribution in [0.15, 0.2) is 47.5 Å². The third-order valence-electron chi connectivity index (χ3n) is 4.91. The van der Waals surface area contributed by atoms with Gasteiger partial charge in [-0.05, 0) is 30.7 Å². The summed E-state index contributed by atoms with van der Waals surface area (Å²) in [5.74, 6) is 0.654. The molecule has 0 aliphatic carbocycles. The maximum Gasteiger partial charge on any atom is 0.242 e. The molecule has 32 heavy (non-hydrogen) atoms. The van der Waals surface area contributed by atoms with Gasteiger partial charge in [0, 0.05) is 25.3 Å². The van der Waals surface area contributed by atoms with E-state index >= 15 is 0 Å². The lowest BCUT2D eigenvalue weighted by Gasteiger charge is -2.16. The Morgan fingerprint density at radius 2 is 1.88 bits per heavy atom. The number of amides is 2. The molecule has 1 aliphatic heterocycles. The number of rotatable bonds is 9. The van der Waals surface area contributed by atoms with Crippen molar-refractivity contribution in [1.82, 2.24) is 4.90 Å². The van der Waals surface area contributed by atoms with E-state index in [4.69, 9.17) is 19.2 Å². The molecule has 1 atom stereocenters. The highest BCUT2D eigenvalue weighted by Crippen LogP contribution is 2.33. The number of carbonyl (C=O) groups excluding carboxylic acids is 2. The molecule has 2 amide bonds. The van der Waals surface area contributed by atoms with Crippen LogP contribution in [0.2, 0.25) is 0 Å². The first kappa shape index (κ1) is 23.6. The van der Waals surface area contributed by atoms with Crippen LogP contribution in [0.25, 0.3) is 0 Å². The Labute approximate surface area is 191 Å². The fourth-order valence-electron chi connectivity index (χ4n) is 3.20. The largest absolute Gasteiger partial charge is 0.493 e. The average molecular weight is 458 g/mol. The van der Waals surface area contributed by atoms with Crippen LogP contribution in [0.5, 0.6) is 11.5 Å². The molecule has 0 radical (unpaired) electrons. The molecule has 170 valence electrons. The summed E-state index contributed by atoms with van der Waals surface area (Å²) in [6.07, 6.45) is 0.0219. The molecule has 1 saturated heterocycles. The van der Waals surface area contributed by atoms with Crippen molar-refractivity contribution < 1.29 is 23.8 Å². The second-order valence-electron chi connectivity index (χ2n) is 7.09. The first-order valence-electron chi connectivity index (χ1n) is 10.1. The van der Waals surface area contributed by atoms with E-state index in [9.17, 15) is 9.59 Å². The third kappa shape index (κ3) is 5.60. The number of hydrogen-bond acceptors (Lipinski definition) is 7. The molecule has 0 spiro atoms. The normalized spacial score (nSPS) is 17.0. The number of thioether (sulfide) groups is 1. The molecular formula is C23H27N3O5S. The smallest absolute Gasteiger partial charge is 0.242 e. The second-order valence-corrected chi connectivity index (χ2v) is 8.26. The maximum atomic E-state index is 13.0. The Hall–Kier alpha value is -3.04. The zero-order chi connectivity index (χ0) is 23.1. The maximum absolute atomic E-state index is 13.0. The van der Waals surface area contributed by atoms with Crippen LogP contribution in [0, 0.1) is 6.92 Å². The number of benzene rings is 2. The quantitative estimate of drug-likeness (QED) is 0.619. The number of amidine groups is 1. The number of carbonyl (C=O) groups is 2. The lowest BCUT2D eigenvalue weighted by atomic mass is 10.2. The van der Waals surface area contributed by atoms with Gasteiger partial charge in [-0.1, -0.05) is 30.0 Å². The fourth-order valence-corrected chi connectivity index (χ4v) is 4.38. The molecule has 1 unspecified atom stereocenters.